The van der Waals surface area contributed by atoms with Crippen LogP contribution in [0.4, 0.5) is 0 Å². The molecule has 0 aliphatic carbocycles. The fraction of sp³-hybridized carbons (Fsp3) is 0.278. The number of fused-ring (bicyclic) bond motifs is 1. The molecule has 1 aromatic carbocycles. The van der Waals surface area contributed by atoms with E-state index in [1.165, 1.54) is 0 Å². The normalized spacial score (nSPS) is 19.0. The number of benzene rings is 1. The Kier molecular flexibility index (Phi) is 5.88. The van der Waals surface area contributed by atoms with E-state index in [2.05, 4.69) is 0 Å². The highest BCUT2D eigenvalue weighted by atomic mass is 35.5. The van der Waals surface area contributed by atoms with E-state index in [4.69, 9.17) is 16.3 Å². The third-order valence-electron chi connectivity index (χ3n) is 3.42. The fourth-order valence-corrected chi connectivity index (χ4v) is 2.45. The topological polar surface area (TPSA) is 66.8 Å². The first-order chi connectivity index (χ1) is 11.0. The number of carbonyl (C=O) groups excluding carboxylic acids is 1. The SMILES string of the molecule is C[C@@H]1CC=CCCC=CC=Cc2c(Cl)c(O)cc(O)c2C(=O)O1. The summed E-state index contributed by atoms with van der Waals surface area (Å²) >= 11 is 6.08. The average molecular weight is 335 g/mol. The van der Waals surface area contributed by atoms with Gasteiger partial charge in [-0.3, -0.25) is 0 Å². The van der Waals surface area contributed by atoms with E-state index in [9.17, 15) is 15.0 Å². The smallest absolute Gasteiger partial charge is 0.342 e. The molecule has 0 unspecified atom stereocenters. The van der Waals surface area contributed by atoms with E-state index in [0.29, 0.717) is 6.42 Å². The summed E-state index contributed by atoms with van der Waals surface area (Å²) in [6.45, 7) is 1.78. The first-order valence-corrected chi connectivity index (χ1v) is 7.82. The Morgan fingerprint density at radius 1 is 1.13 bits per heavy atom. The zero-order valence-corrected chi connectivity index (χ0v) is 13.6. The molecule has 122 valence electrons. The molecule has 1 heterocycles. The number of halogens is 1. The second-order valence-electron chi connectivity index (χ2n) is 5.31. The lowest BCUT2D eigenvalue weighted by atomic mass is 10.0. The van der Waals surface area contributed by atoms with Gasteiger partial charge in [0.1, 0.15) is 23.2 Å². The van der Waals surface area contributed by atoms with Crippen molar-refractivity contribution < 1.29 is 19.7 Å². The van der Waals surface area contributed by atoms with Crippen LogP contribution in [0.25, 0.3) is 6.08 Å². The van der Waals surface area contributed by atoms with Gasteiger partial charge < -0.3 is 14.9 Å². The summed E-state index contributed by atoms with van der Waals surface area (Å²) in [5.41, 5.74) is 0.184. The predicted molar refractivity (Wildman–Crippen MR) is 90.8 cm³/mol. The maximum atomic E-state index is 12.4. The molecule has 0 amide bonds. The monoisotopic (exact) mass is 334 g/mol. The quantitative estimate of drug-likeness (QED) is 0.537. The summed E-state index contributed by atoms with van der Waals surface area (Å²) in [6.07, 6.45) is 13.2. The van der Waals surface area contributed by atoms with Crippen LogP contribution in [0.3, 0.4) is 0 Å². The van der Waals surface area contributed by atoms with Gasteiger partial charge in [-0.2, -0.15) is 0 Å². The molecule has 0 bridgehead atoms. The highest BCUT2D eigenvalue weighted by Crippen LogP contribution is 2.37. The van der Waals surface area contributed by atoms with Crippen LogP contribution in [0.1, 0.15) is 42.1 Å². The van der Waals surface area contributed by atoms with Crippen LogP contribution in [0, 0.1) is 0 Å². The van der Waals surface area contributed by atoms with Crippen LogP contribution in [0.15, 0.2) is 36.4 Å². The lowest BCUT2D eigenvalue weighted by Gasteiger charge is -2.15. The Labute approximate surface area is 140 Å². The number of phenols is 2. The molecule has 4 nitrogen and oxygen atoms in total. The molecule has 5 heteroatoms. The van der Waals surface area contributed by atoms with E-state index in [-0.39, 0.29) is 33.8 Å². The van der Waals surface area contributed by atoms with Crippen molar-refractivity contribution >= 4 is 23.6 Å². The summed E-state index contributed by atoms with van der Waals surface area (Å²) < 4.78 is 5.35. The molecule has 0 aromatic heterocycles. The van der Waals surface area contributed by atoms with E-state index < -0.39 is 5.97 Å². The summed E-state index contributed by atoms with van der Waals surface area (Å²) in [4.78, 5) is 12.4. The fourth-order valence-electron chi connectivity index (χ4n) is 2.24. The van der Waals surface area contributed by atoms with Gasteiger partial charge in [-0.1, -0.05) is 48.1 Å². The molecule has 2 rings (SSSR count). The van der Waals surface area contributed by atoms with E-state index in [1.807, 2.05) is 24.3 Å². The number of hydrogen-bond acceptors (Lipinski definition) is 4. The molecule has 1 aliphatic rings. The second kappa shape index (κ2) is 7.88. The van der Waals surface area contributed by atoms with Crippen molar-refractivity contribution in [3.8, 4) is 11.5 Å². The lowest BCUT2D eigenvalue weighted by Crippen LogP contribution is -2.15. The zero-order chi connectivity index (χ0) is 16.8. The van der Waals surface area contributed by atoms with E-state index in [1.54, 1.807) is 19.1 Å². The van der Waals surface area contributed by atoms with Crippen LogP contribution >= 0.6 is 11.6 Å². The van der Waals surface area contributed by atoms with Gasteiger partial charge >= 0.3 is 5.97 Å². The predicted octanol–water partition coefficient (Wildman–Crippen LogP) is 4.61. The van der Waals surface area contributed by atoms with Crippen molar-refractivity contribution in [1.29, 1.82) is 0 Å². The second-order valence-corrected chi connectivity index (χ2v) is 5.68. The van der Waals surface area contributed by atoms with Crippen molar-refractivity contribution in [2.45, 2.75) is 32.3 Å². The van der Waals surface area contributed by atoms with E-state index >= 15 is 0 Å². The molecule has 0 radical (unpaired) electrons. The van der Waals surface area contributed by atoms with Gasteiger partial charge in [0.15, 0.2) is 0 Å². The van der Waals surface area contributed by atoms with Crippen molar-refractivity contribution in [3.63, 3.8) is 0 Å². The number of aromatic hydroxyl groups is 2. The Bertz CT molecular complexity index is 674. The molecule has 2 N–H and O–H groups in total. The third-order valence-corrected chi connectivity index (χ3v) is 3.81. The maximum absolute atomic E-state index is 12.4. The maximum Gasteiger partial charge on any atom is 0.342 e. The van der Waals surface area contributed by atoms with Crippen LogP contribution < -0.4 is 0 Å². The van der Waals surface area contributed by atoms with Gasteiger partial charge in [0, 0.05) is 18.1 Å². The number of hydrogen-bond donors (Lipinski definition) is 2. The molecule has 23 heavy (non-hydrogen) atoms. The molecule has 1 atom stereocenters. The molecular formula is C18H19ClO4. The van der Waals surface area contributed by atoms with Gasteiger partial charge in [0.2, 0.25) is 0 Å². The number of phenolic OH excluding ortho intramolecular Hbond substituents is 2. The average Bonchev–Trinajstić information content (AvgIpc) is 2.49. The van der Waals surface area contributed by atoms with Crippen LogP contribution in [-0.2, 0) is 4.74 Å². The number of allylic oxidation sites excluding steroid dienone is 4. The third kappa shape index (κ3) is 4.39. The van der Waals surface area contributed by atoms with Crippen LogP contribution in [0.5, 0.6) is 11.5 Å². The van der Waals surface area contributed by atoms with Crippen molar-refractivity contribution in [1.82, 2.24) is 0 Å². The van der Waals surface area contributed by atoms with Crippen LogP contribution in [-0.4, -0.2) is 22.3 Å². The van der Waals surface area contributed by atoms with Gasteiger partial charge in [0.05, 0.1) is 5.02 Å². The lowest BCUT2D eigenvalue weighted by molar-refractivity contribution is 0.0344. The standard InChI is InChI=1S/C18H19ClO4/c1-12-9-7-5-3-2-4-6-8-10-13-16(18(22)23-12)14(20)11-15(21)17(13)19/h4-8,10-12,20-21H,2-3,9H2,1H3/t12-/m1/s1. The zero-order valence-electron chi connectivity index (χ0n) is 12.8. The Balaban J connectivity index is 2.49. The van der Waals surface area contributed by atoms with Gasteiger partial charge in [0.25, 0.3) is 0 Å². The number of cyclic esters (lactones) is 1. The summed E-state index contributed by atoms with van der Waals surface area (Å²) in [6, 6.07) is 1.04. The Morgan fingerprint density at radius 2 is 1.87 bits per heavy atom. The summed E-state index contributed by atoms with van der Waals surface area (Å²) in [5, 5.41) is 19.8. The number of ether oxygens (including phenoxy) is 1. The molecule has 1 aromatic rings. The molecule has 0 saturated carbocycles. The Hall–Kier alpha value is -2.20. The highest BCUT2D eigenvalue weighted by Gasteiger charge is 2.23. The number of esters is 1. The van der Waals surface area contributed by atoms with Crippen molar-refractivity contribution in [2.24, 2.45) is 0 Å². The van der Waals surface area contributed by atoms with Crippen molar-refractivity contribution in [3.05, 3.63) is 52.6 Å². The van der Waals surface area contributed by atoms with Gasteiger partial charge in [-0.15, -0.1) is 0 Å². The molecular weight excluding hydrogens is 316 g/mol. The number of carbonyl (C=O) groups is 1. The Morgan fingerprint density at radius 3 is 2.65 bits per heavy atom. The van der Waals surface area contributed by atoms with E-state index in [0.717, 1.165) is 18.9 Å². The minimum atomic E-state index is -0.675. The molecule has 0 saturated heterocycles. The molecule has 1 aliphatic heterocycles. The van der Waals surface area contributed by atoms with Gasteiger partial charge in [-0.25, -0.2) is 4.79 Å². The minimum Gasteiger partial charge on any atom is -0.507 e. The largest absolute Gasteiger partial charge is 0.507 e. The van der Waals surface area contributed by atoms with Crippen LogP contribution in [0.2, 0.25) is 5.02 Å². The summed E-state index contributed by atoms with van der Waals surface area (Å²) in [5.74, 6) is -1.33. The minimum absolute atomic E-state index is 0.000886. The molecule has 0 fully saturated rings. The first kappa shape index (κ1) is 17.2. The first-order valence-electron chi connectivity index (χ1n) is 7.44. The number of rotatable bonds is 0. The molecule has 0 spiro atoms. The van der Waals surface area contributed by atoms with Gasteiger partial charge in [-0.05, 0) is 19.8 Å². The van der Waals surface area contributed by atoms with Crippen molar-refractivity contribution in [2.75, 3.05) is 0 Å². The summed E-state index contributed by atoms with van der Waals surface area (Å²) in [7, 11) is 0. The highest BCUT2D eigenvalue weighted by molar-refractivity contribution is 6.34.